The molecule has 0 atom stereocenters. The Bertz CT molecular complexity index is 821. The number of nitro groups is 1. The van der Waals surface area contributed by atoms with Crippen LogP contribution < -0.4 is 8.92 Å². The number of hydrogen-bond donors (Lipinski definition) is 0. The predicted octanol–water partition coefficient (Wildman–Crippen LogP) is 3.02. The molecule has 0 spiro atoms. The third-order valence-corrected chi connectivity index (χ3v) is 4.37. The van der Waals surface area contributed by atoms with Crippen molar-refractivity contribution >= 4 is 27.4 Å². The lowest BCUT2D eigenvalue weighted by atomic mass is 10.3. The number of halogens is 1. The van der Waals surface area contributed by atoms with Crippen molar-refractivity contribution in [2.24, 2.45) is 0 Å². The average molecular weight is 344 g/mol. The van der Waals surface area contributed by atoms with E-state index in [1.807, 2.05) is 0 Å². The van der Waals surface area contributed by atoms with Crippen molar-refractivity contribution < 1.29 is 22.3 Å². The Labute approximate surface area is 131 Å². The van der Waals surface area contributed by atoms with Crippen LogP contribution in [0.25, 0.3) is 0 Å². The van der Waals surface area contributed by atoms with Gasteiger partial charge in [-0.15, -0.1) is 0 Å². The second-order valence-electron chi connectivity index (χ2n) is 4.09. The Morgan fingerprint density at radius 3 is 2.45 bits per heavy atom. The molecule has 116 valence electrons. The van der Waals surface area contributed by atoms with Crippen LogP contribution in [0.1, 0.15) is 0 Å². The van der Waals surface area contributed by atoms with Crippen LogP contribution in [0.15, 0.2) is 47.4 Å². The molecule has 0 amide bonds. The highest BCUT2D eigenvalue weighted by atomic mass is 35.5. The maximum atomic E-state index is 12.2. The van der Waals surface area contributed by atoms with Gasteiger partial charge in [-0.1, -0.05) is 17.7 Å². The van der Waals surface area contributed by atoms with Crippen molar-refractivity contribution in [1.29, 1.82) is 0 Å². The Morgan fingerprint density at radius 2 is 1.82 bits per heavy atom. The van der Waals surface area contributed by atoms with Gasteiger partial charge in [-0.05, 0) is 18.2 Å². The van der Waals surface area contributed by atoms with Crippen LogP contribution in [-0.4, -0.2) is 20.5 Å². The second kappa shape index (κ2) is 6.20. The molecule has 0 aliphatic rings. The third kappa shape index (κ3) is 3.46. The molecule has 0 fully saturated rings. The van der Waals surface area contributed by atoms with Gasteiger partial charge in [-0.25, -0.2) is 0 Å². The third-order valence-electron chi connectivity index (χ3n) is 2.64. The summed E-state index contributed by atoms with van der Waals surface area (Å²) in [5.74, 6) is 0.403. The van der Waals surface area contributed by atoms with Gasteiger partial charge in [0.25, 0.3) is 5.69 Å². The molecule has 0 saturated heterocycles. The number of methoxy groups -OCH3 is 1. The van der Waals surface area contributed by atoms with E-state index < -0.39 is 25.6 Å². The van der Waals surface area contributed by atoms with Crippen molar-refractivity contribution in [3.05, 3.63) is 57.6 Å². The van der Waals surface area contributed by atoms with Gasteiger partial charge in [0.15, 0.2) is 0 Å². The molecule has 0 aliphatic heterocycles. The Morgan fingerprint density at radius 1 is 1.14 bits per heavy atom. The van der Waals surface area contributed by atoms with E-state index in [0.29, 0.717) is 5.75 Å². The van der Waals surface area contributed by atoms with Crippen molar-refractivity contribution in [3.8, 4) is 11.5 Å². The minimum Gasteiger partial charge on any atom is -0.497 e. The number of non-ortho nitro benzene ring substituents is 1. The smallest absolute Gasteiger partial charge is 0.340 e. The summed E-state index contributed by atoms with van der Waals surface area (Å²) in [7, 11) is -2.90. The molecular formula is C13H10ClNO6S. The summed E-state index contributed by atoms with van der Waals surface area (Å²) in [6, 6.07) is 9.00. The van der Waals surface area contributed by atoms with Gasteiger partial charge in [0.1, 0.15) is 16.4 Å². The van der Waals surface area contributed by atoms with E-state index >= 15 is 0 Å². The Kier molecular flexibility index (Phi) is 4.53. The Hall–Kier alpha value is -2.32. The lowest BCUT2D eigenvalue weighted by Crippen LogP contribution is -2.10. The highest BCUT2D eigenvalue weighted by Crippen LogP contribution is 2.29. The number of benzene rings is 2. The number of hydrogen-bond acceptors (Lipinski definition) is 6. The van der Waals surface area contributed by atoms with E-state index in [9.17, 15) is 18.5 Å². The van der Waals surface area contributed by atoms with Crippen LogP contribution in [0.4, 0.5) is 5.69 Å². The molecule has 0 heterocycles. The van der Waals surface area contributed by atoms with Crippen molar-refractivity contribution in [2.75, 3.05) is 7.11 Å². The molecule has 7 nitrogen and oxygen atoms in total. The van der Waals surface area contributed by atoms with Crippen LogP contribution in [0.2, 0.25) is 5.02 Å². The summed E-state index contributed by atoms with van der Waals surface area (Å²) < 4.78 is 34.3. The number of ether oxygens (including phenoxy) is 1. The SMILES string of the molecule is COc1cccc(OS(=O)(=O)c2cc([N+](=O)[O-])ccc2Cl)c1. The molecule has 0 aliphatic carbocycles. The molecular weight excluding hydrogens is 334 g/mol. The average Bonchev–Trinajstić information content (AvgIpc) is 2.47. The van der Waals surface area contributed by atoms with Crippen LogP contribution in [-0.2, 0) is 10.1 Å². The predicted molar refractivity (Wildman–Crippen MR) is 78.9 cm³/mol. The van der Waals surface area contributed by atoms with E-state index in [-0.39, 0.29) is 10.8 Å². The maximum absolute atomic E-state index is 12.2. The van der Waals surface area contributed by atoms with Gasteiger partial charge < -0.3 is 8.92 Å². The maximum Gasteiger partial charge on any atom is 0.340 e. The van der Waals surface area contributed by atoms with Gasteiger partial charge in [0.05, 0.1) is 17.1 Å². The molecule has 0 unspecified atom stereocenters. The van der Waals surface area contributed by atoms with Crippen molar-refractivity contribution in [3.63, 3.8) is 0 Å². The second-order valence-corrected chi connectivity index (χ2v) is 6.01. The molecule has 2 aromatic carbocycles. The molecule has 2 aromatic rings. The zero-order valence-electron chi connectivity index (χ0n) is 11.2. The monoisotopic (exact) mass is 343 g/mol. The van der Waals surface area contributed by atoms with E-state index in [2.05, 4.69) is 0 Å². The van der Waals surface area contributed by atoms with E-state index in [1.165, 1.54) is 19.2 Å². The minimum absolute atomic E-state index is 0.00178. The summed E-state index contributed by atoms with van der Waals surface area (Å²) >= 11 is 5.80. The fraction of sp³-hybridized carbons (Fsp3) is 0.0769. The Balaban J connectivity index is 2.42. The first-order valence-electron chi connectivity index (χ1n) is 5.86. The topological polar surface area (TPSA) is 95.7 Å². The lowest BCUT2D eigenvalue weighted by molar-refractivity contribution is -0.385. The summed E-state index contributed by atoms with van der Waals surface area (Å²) in [5.41, 5.74) is -0.405. The summed E-state index contributed by atoms with van der Waals surface area (Å²) in [6.45, 7) is 0. The van der Waals surface area contributed by atoms with Crippen LogP contribution in [0.5, 0.6) is 11.5 Å². The van der Waals surface area contributed by atoms with E-state index in [4.69, 9.17) is 20.5 Å². The minimum atomic E-state index is -4.32. The zero-order valence-corrected chi connectivity index (χ0v) is 12.8. The largest absolute Gasteiger partial charge is 0.497 e. The molecule has 22 heavy (non-hydrogen) atoms. The number of nitro benzene ring substituents is 1. The van der Waals surface area contributed by atoms with Crippen LogP contribution in [0.3, 0.4) is 0 Å². The molecule has 0 bridgehead atoms. The first kappa shape index (κ1) is 16.1. The normalized spacial score (nSPS) is 11.0. The fourth-order valence-corrected chi connectivity index (χ4v) is 3.04. The highest BCUT2D eigenvalue weighted by Gasteiger charge is 2.23. The molecule has 0 saturated carbocycles. The highest BCUT2D eigenvalue weighted by molar-refractivity contribution is 7.87. The van der Waals surface area contributed by atoms with E-state index in [0.717, 1.165) is 18.2 Å². The summed E-state index contributed by atoms with van der Waals surface area (Å²) in [4.78, 5) is 9.54. The molecule has 0 radical (unpaired) electrons. The summed E-state index contributed by atoms with van der Waals surface area (Å²) in [5, 5.41) is 10.6. The fourth-order valence-electron chi connectivity index (χ4n) is 1.62. The molecule has 2 rings (SSSR count). The van der Waals surface area contributed by atoms with Gasteiger partial charge in [0.2, 0.25) is 0 Å². The summed E-state index contributed by atoms with van der Waals surface area (Å²) in [6.07, 6.45) is 0. The molecule has 9 heteroatoms. The van der Waals surface area contributed by atoms with Gasteiger partial charge in [-0.3, -0.25) is 10.1 Å². The standard InChI is InChI=1S/C13H10ClNO6S/c1-20-10-3-2-4-11(8-10)21-22(18,19)13-7-9(15(16)17)5-6-12(13)14/h2-8H,1H3. The zero-order chi connectivity index (χ0) is 16.3. The van der Waals surface area contributed by atoms with Crippen LogP contribution in [0, 0.1) is 10.1 Å². The first-order chi connectivity index (χ1) is 10.3. The quantitative estimate of drug-likeness (QED) is 0.470. The van der Waals surface area contributed by atoms with E-state index in [1.54, 1.807) is 12.1 Å². The molecule has 0 aromatic heterocycles. The first-order valence-corrected chi connectivity index (χ1v) is 7.64. The van der Waals surface area contributed by atoms with Gasteiger partial charge in [0, 0.05) is 18.2 Å². The molecule has 0 N–H and O–H groups in total. The lowest BCUT2D eigenvalue weighted by Gasteiger charge is -2.09. The van der Waals surface area contributed by atoms with Crippen molar-refractivity contribution in [1.82, 2.24) is 0 Å². The van der Waals surface area contributed by atoms with Gasteiger partial charge in [-0.2, -0.15) is 8.42 Å². The number of rotatable bonds is 5. The van der Waals surface area contributed by atoms with Crippen LogP contribution >= 0.6 is 11.6 Å². The van der Waals surface area contributed by atoms with Crippen molar-refractivity contribution in [2.45, 2.75) is 4.90 Å². The number of nitrogens with zero attached hydrogens (tertiary/aromatic N) is 1. The van der Waals surface area contributed by atoms with Gasteiger partial charge >= 0.3 is 10.1 Å².